The van der Waals surface area contributed by atoms with Crippen LogP contribution in [0.1, 0.15) is 12.1 Å². The van der Waals surface area contributed by atoms with Gasteiger partial charge in [0.2, 0.25) is 0 Å². The summed E-state index contributed by atoms with van der Waals surface area (Å²) in [7, 11) is -10.9. The molecule has 0 aromatic carbocycles. The molecule has 0 radical (unpaired) electrons. The van der Waals surface area contributed by atoms with Gasteiger partial charge in [0.1, 0.15) is 0 Å². The minimum Gasteiger partial charge on any atom is -0.377 e. The second-order valence-electron chi connectivity index (χ2n) is 4.08. The van der Waals surface area contributed by atoms with Gasteiger partial charge in [0.05, 0.1) is 18.6 Å². The highest BCUT2D eigenvalue weighted by atomic mass is 31.2. The van der Waals surface area contributed by atoms with Crippen LogP contribution in [0.25, 0.3) is 0 Å². The Kier molecular flexibility index (Phi) is 5.65. The van der Waals surface area contributed by atoms with Crippen LogP contribution in [0, 0.1) is 0 Å². The number of ether oxygens (including phenoxy) is 1. The molecule has 0 aliphatic heterocycles. The van der Waals surface area contributed by atoms with Crippen molar-refractivity contribution in [3.63, 3.8) is 0 Å². The fourth-order valence-electron chi connectivity index (χ4n) is 1.33. The van der Waals surface area contributed by atoms with E-state index in [0.717, 1.165) is 5.69 Å². The molecule has 0 bridgehead atoms. The number of H-pyrrole nitrogens is 1. The highest BCUT2D eigenvalue weighted by molar-refractivity contribution is 7.72. The second-order valence-corrected chi connectivity index (χ2v) is 8.09. The number of nitrogens with one attached hydrogen (secondary N) is 1. The summed E-state index contributed by atoms with van der Waals surface area (Å²) in [5, 5.41) is 5.98. The van der Waals surface area contributed by atoms with Gasteiger partial charge in [-0.15, -0.1) is 0 Å². The SMILES string of the molecule is O=P(O)(O)C(O)(COCCCc1c[nH]cn1)P(=O)(O)O. The standard InChI is InChI=1S/C8H16N2O8P2/c11-8(19(12,13)14,20(15,16)17)5-18-3-1-2-7-4-9-6-10-7/h4,6,11H,1-3,5H2,(H,9,10)(H2,12,13,14)(H2,15,16,17). The summed E-state index contributed by atoms with van der Waals surface area (Å²) in [5.74, 6) is 0. The predicted octanol–water partition coefficient (Wildman–Crippen LogP) is -0.640. The Hall–Kier alpha value is -0.570. The number of aryl methyl sites for hydroxylation is 1. The first-order valence-electron chi connectivity index (χ1n) is 5.47. The highest BCUT2D eigenvalue weighted by Gasteiger charge is 2.59. The van der Waals surface area contributed by atoms with Gasteiger partial charge < -0.3 is 34.4 Å². The molecule has 0 spiro atoms. The maximum absolute atomic E-state index is 11.0. The Bertz CT molecular complexity index is 485. The Morgan fingerprint density at radius 3 is 2.30 bits per heavy atom. The third-order valence-electron chi connectivity index (χ3n) is 2.51. The van der Waals surface area contributed by atoms with E-state index in [2.05, 4.69) is 9.97 Å². The van der Waals surface area contributed by atoms with E-state index in [0.29, 0.717) is 12.8 Å². The Labute approximate surface area is 114 Å². The number of hydrogen-bond acceptors (Lipinski definition) is 5. The maximum Gasteiger partial charge on any atom is 0.371 e. The van der Waals surface area contributed by atoms with Gasteiger partial charge in [-0.1, -0.05) is 0 Å². The van der Waals surface area contributed by atoms with Crippen LogP contribution in [-0.2, 0) is 20.3 Å². The number of nitrogens with zero attached hydrogens (tertiary/aromatic N) is 1. The first-order chi connectivity index (χ1) is 9.08. The van der Waals surface area contributed by atoms with Crippen molar-refractivity contribution >= 4 is 15.2 Å². The Balaban J connectivity index is 2.48. The van der Waals surface area contributed by atoms with Crippen molar-refractivity contribution in [2.45, 2.75) is 17.9 Å². The summed E-state index contributed by atoms with van der Waals surface area (Å²) in [4.78, 5) is 42.1. The zero-order valence-corrected chi connectivity index (χ0v) is 12.1. The smallest absolute Gasteiger partial charge is 0.371 e. The van der Waals surface area contributed by atoms with Gasteiger partial charge in [-0.25, -0.2) is 4.98 Å². The molecule has 6 N–H and O–H groups in total. The number of aromatic nitrogens is 2. The van der Waals surface area contributed by atoms with E-state index in [4.69, 9.17) is 24.3 Å². The van der Waals surface area contributed by atoms with Crippen LogP contribution in [0.15, 0.2) is 12.5 Å². The predicted molar refractivity (Wildman–Crippen MR) is 66.8 cm³/mol. The fourth-order valence-corrected chi connectivity index (χ4v) is 3.21. The van der Waals surface area contributed by atoms with Crippen LogP contribution in [-0.4, -0.2) is 52.9 Å². The van der Waals surface area contributed by atoms with Crippen LogP contribution >= 0.6 is 15.2 Å². The zero-order valence-electron chi connectivity index (χ0n) is 10.3. The van der Waals surface area contributed by atoms with Crippen molar-refractivity contribution in [3.8, 4) is 0 Å². The van der Waals surface area contributed by atoms with Crippen molar-refractivity contribution < 1.29 is 38.5 Å². The molecule has 0 aliphatic rings. The monoisotopic (exact) mass is 330 g/mol. The molecule has 12 heteroatoms. The van der Waals surface area contributed by atoms with E-state index in [-0.39, 0.29) is 6.61 Å². The van der Waals surface area contributed by atoms with Gasteiger partial charge in [-0.2, -0.15) is 0 Å². The molecule has 1 aromatic heterocycles. The molecule has 0 unspecified atom stereocenters. The third kappa shape index (κ3) is 4.21. The molecule has 116 valence electrons. The van der Waals surface area contributed by atoms with Crippen molar-refractivity contribution in [1.82, 2.24) is 9.97 Å². The highest BCUT2D eigenvalue weighted by Crippen LogP contribution is 2.67. The summed E-state index contributed by atoms with van der Waals surface area (Å²) in [6.07, 6.45) is 4.05. The second kappa shape index (κ2) is 6.46. The number of hydrogen-bond donors (Lipinski definition) is 6. The summed E-state index contributed by atoms with van der Waals surface area (Å²) < 4.78 is 26.8. The van der Waals surface area contributed by atoms with E-state index in [9.17, 15) is 14.2 Å². The van der Waals surface area contributed by atoms with Gasteiger partial charge in [0.15, 0.2) is 0 Å². The van der Waals surface area contributed by atoms with Gasteiger partial charge >= 0.3 is 15.2 Å². The Morgan fingerprint density at radius 2 is 1.85 bits per heavy atom. The minimum atomic E-state index is -5.46. The van der Waals surface area contributed by atoms with Crippen molar-refractivity contribution in [1.29, 1.82) is 0 Å². The van der Waals surface area contributed by atoms with Crippen molar-refractivity contribution in [2.24, 2.45) is 0 Å². The van der Waals surface area contributed by atoms with E-state index in [1.165, 1.54) is 6.33 Å². The zero-order chi connectivity index (χ0) is 15.4. The van der Waals surface area contributed by atoms with Crippen LogP contribution in [0.4, 0.5) is 0 Å². The van der Waals surface area contributed by atoms with Gasteiger partial charge in [0.25, 0.3) is 5.08 Å². The minimum absolute atomic E-state index is 0.0465. The molecule has 0 atom stereocenters. The van der Waals surface area contributed by atoms with E-state index < -0.39 is 26.9 Å². The van der Waals surface area contributed by atoms with Crippen LogP contribution < -0.4 is 0 Å². The molecule has 0 aliphatic carbocycles. The maximum atomic E-state index is 11.0. The average molecular weight is 330 g/mol. The van der Waals surface area contributed by atoms with E-state index in [1.807, 2.05) is 0 Å². The molecule has 1 heterocycles. The summed E-state index contributed by atoms with van der Waals surface area (Å²) in [6, 6.07) is 0. The first-order valence-corrected chi connectivity index (χ1v) is 8.69. The molecule has 0 saturated carbocycles. The molecular formula is C8H16N2O8P2. The molecule has 0 amide bonds. The molecule has 20 heavy (non-hydrogen) atoms. The van der Waals surface area contributed by atoms with Gasteiger partial charge in [-0.3, -0.25) is 9.13 Å². The first kappa shape index (κ1) is 17.5. The van der Waals surface area contributed by atoms with E-state index >= 15 is 0 Å². The van der Waals surface area contributed by atoms with Gasteiger partial charge in [-0.05, 0) is 12.8 Å². The fraction of sp³-hybridized carbons (Fsp3) is 0.625. The average Bonchev–Trinajstić information content (AvgIpc) is 2.78. The topological polar surface area (TPSA) is 173 Å². The van der Waals surface area contributed by atoms with E-state index in [1.54, 1.807) is 6.20 Å². The lowest BCUT2D eigenvalue weighted by molar-refractivity contribution is 0.0243. The number of aromatic amines is 1. The summed E-state index contributed by atoms with van der Waals surface area (Å²) in [5.41, 5.74) is 0.744. The largest absolute Gasteiger partial charge is 0.377 e. The quantitative estimate of drug-likeness (QED) is 0.267. The number of aliphatic hydroxyl groups is 1. The lowest BCUT2D eigenvalue weighted by Gasteiger charge is -2.28. The van der Waals surface area contributed by atoms with Crippen molar-refractivity contribution in [3.05, 3.63) is 18.2 Å². The molecular weight excluding hydrogens is 314 g/mol. The summed E-state index contributed by atoms with van der Waals surface area (Å²) >= 11 is 0. The normalized spacial score (nSPS) is 13.7. The molecule has 10 nitrogen and oxygen atoms in total. The molecule has 1 aromatic rings. The van der Waals surface area contributed by atoms with Crippen LogP contribution in [0.2, 0.25) is 0 Å². The number of imidazole rings is 1. The molecule has 0 saturated heterocycles. The lowest BCUT2D eigenvalue weighted by Crippen LogP contribution is -2.34. The molecule has 0 fully saturated rings. The van der Waals surface area contributed by atoms with Crippen LogP contribution in [0.3, 0.4) is 0 Å². The van der Waals surface area contributed by atoms with Crippen LogP contribution in [0.5, 0.6) is 0 Å². The third-order valence-corrected chi connectivity index (χ3v) is 6.19. The summed E-state index contributed by atoms with van der Waals surface area (Å²) in [6.45, 7) is -1.21. The Morgan fingerprint density at radius 1 is 1.25 bits per heavy atom. The lowest BCUT2D eigenvalue weighted by atomic mass is 10.3. The molecule has 1 rings (SSSR count). The van der Waals surface area contributed by atoms with Gasteiger partial charge in [0, 0.05) is 12.8 Å². The number of rotatable bonds is 8. The van der Waals surface area contributed by atoms with Crippen molar-refractivity contribution in [2.75, 3.05) is 13.2 Å².